The van der Waals surface area contributed by atoms with Gasteiger partial charge in [0.1, 0.15) is 0 Å². The van der Waals surface area contributed by atoms with Gasteiger partial charge in [-0.2, -0.15) is 8.42 Å². The highest BCUT2D eigenvalue weighted by Crippen LogP contribution is 2.09. The van der Waals surface area contributed by atoms with Crippen molar-refractivity contribution in [3.8, 4) is 0 Å². The SMILES string of the molecule is CCCCCCCCCCS(=O)(=O)OO. The van der Waals surface area contributed by atoms with Gasteiger partial charge in [-0.3, -0.25) is 0 Å². The molecule has 0 saturated carbocycles. The molecule has 0 amide bonds. The zero-order valence-electron chi connectivity index (χ0n) is 9.44. The molecular weight excluding hydrogens is 216 g/mol. The molecule has 0 aromatic heterocycles. The first-order valence-electron chi connectivity index (χ1n) is 5.68. The standard InChI is InChI=1S/C10H22O4S/c1-2-3-4-5-6-7-8-9-10-15(12,13)14-11/h11H,2-10H2,1H3. The molecule has 0 aromatic rings. The van der Waals surface area contributed by atoms with Crippen molar-refractivity contribution >= 4 is 10.1 Å². The molecule has 5 heteroatoms. The van der Waals surface area contributed by atoms with Crippen molar-refractivity contribution in [1.82, 2.24) is 0 Å². The molecule has 4 nitrogen and oxygen atoms in total. The second kappa shape index (κ2) is 9.12. The van der Waals surface area contributed by atoms with Crippen molar-refractivity contribution < 1.29 is 18.0 Å². The van der Waals surface area contributed by atoms with Crippen LogP contribution in [0.2, 0.25) is 0 Å². The van der Waals surface area contributed by atoms with Crippen molar-refractivity contribution in [2.24, 2.45) is 0 Å². The van der Waals surface area contributed by atoms with E-state index in [2.05, 4.69) is 11.3 Å². The second-order valence-corrected chi connectivity index (χ2v) is 5.48. The van der Waals surface area contributed by atoms with E-state index in [0.717, 1.165) is 12.8 Å². The first-order valence-corrected chi connectivity index (χ1v) is 7.26. The van der Waals surface area contributed by atoms with Crippen LogP contribution in [0.25, 0.3) is 0 Å². The Bertz CT molecular complexity index is 224. The van der Waals surface area contributed by atoms with Crippen molar-refractivity contribution in [1.29, 1.82) is 0 Å². The monoisotopic (exact) mass is 238 g/mol. The van der Waals surface area contributed by atoms with Crippen LogP contribution in [0.5, 0.6) is 0 Å². The van der Waals surface area contributed by atoms with E-state index in [4.69, 9.17) is 5.26 Å². The lowest BCUT2D eigenvalue weighted by molar-refractivity contribution is -0.130. The molecule has 0 fully saturated rings. The van der Waals surface area contributed by atoms with Gasteiger partial charge in [-0.05, 0) is 6.42 Å². The van der Waals surface area contributed by atoms with Crippen LogP contribution in [0.4, 0.5) is 0 Å². The summed E-state index contributed by atoms with van der Waals surface area (Å²) in [6.07, 6.45) is 8.71. The van der Waals surface area contributed by atoms with Gasteiger partial charge in [0.25, 0.3) is 10.1 Å². The predicted octanol–water partition coefficient (Wildman–Crippen LogP) is 2.95. The van der Waals surface area contributed by atoms with Gasteiger partial charge in [0.05, 0.1) is 5.75 Å². The molecule has 0 aliphatic heterocycles. The Morgan fingerprint density at radius 3 is 1.87 bits per heavy atom. The molecule has 0 unspecified atom stereocenters. The van der Waals surface area contributed by atoms with Crippen molar-refractivity contribution in [3.05, 3.63) is 0 Å². The maximum absolute atomic E-state index is 10.7. The molecule has 0 saturated heterocycles. The summed E-state index contributed by atoms with van der Waals surface area (Å²) in [7, 11) is -3.67. The largest absolute Gasteiger partial charge is 0.293 e. The third-order valence-corrected chi connectivity index (χ3v) is 3.38. The molecule has 0 heterocycles. The number of rotatable bonds is 10. The van der Waals surface area contributed by atoms with E-state index in [9.17, 15) is 8.42 Å². The third kappa shape index (κ3) is 10.2. The van der Waals surface area contributed by atoms with Gasteiger partial charge in [0.15, 0.2) is 0 Å². The van der Waals surface area contributed by atoms with Crippen LogP contribution >= 0.6 is 0 Å². The van der Waals surface area contributed by atoms with Gasteiger partial charge in [0, 0.05) is 0 Å². The van der Waals surface area contributed by atoms with Gasteiger partial charge in [0.2, 0.25) is 0 Å². The summed E-state index contributed by atoms with van der Waals surface area (Å²) in [5, 5.41) is 8.01. The fourth-order valence-electron chi connectivity index (χ4n) is 1.45. The summed E-state index contributed by atoms with van der Waals surface area (Å²) in [4.78, 5) is 0. The Labute approximate surface area is 92.7 Å². The molecule has 0 aliphatic rings. The Morgan fingerprint density at radius 2 is 1.40 bits per heavy atom. The molecule has 0 bridgehead atoms. The highest BCUT2D eigenvalue weighted by Gasteiger charge is 2.08. The van der Waals surface area contributed by atoms with Crippen molar-refractivity contribution in [2.45, 2.75) is 58.3 Å². The molecule has 0 radical (unpaired) electrons. The molecular formula is C10H22O4S. The lowest BCUT2D eigenvalue weighted by Gasteiger charge is -2.01. The van der Waals surface area contributed by atoms with Crippen LogP contribution in [-0.4, -0.2) is 19.4 Å². The number of unbranched alkanes of at least 4 members (excludes halogenated alkanes) is 7. The minimum atomic E-state index is -3.67. The Balaban J connectivity index is 3.19. The molecule has 0 atom stereocenters. The lowest BCUT2D eigenvalue weighted by atomic mass is 10.1. The average Bonchev–Trinajstić information content (AvgIpc) is 2.22. The van der Waals surface area contributed by atoms with E-state index in [0.29, 0.717) is 6.42 Å². The smallest absolute Gasteiger partial charge is 0.235 e. The Morgan fingerprint density at radius 1 is 0.933 bits per heavy atom. The van der Waals surface area contributed by atoms with Crippen LogP contribution in [0, 0.1) is 0 Å². The summed E-state index contributed by atoms with van der Waals surface area (Å²) >= 11 is 0. The highest BCUT2D eigenvalue weighted by molar-refractivity contribution is 7.86. The number of hydrogen-bond donors (Lipinski definition) is 1. The summed E-state index contributed by atoms with van der Waals surface area (Å²) < 4.78 is 24.8. The molecule has 0 aliphatic carbocycles. The predicted molar refractivity (Wildman–Crippen MR) is 60.1 cm³/mol. The number of hydrogen-bond acceptors (Lipinski definition) is 4. The Kier molecular flexibility index (Phi) is 9.04. The maximum atomic E-state index is 10.7. The topological polar surface area (TPSA) is 63.6 Å². The van der Waals surface area contributed by atoms with E-state index >= 15 is 0 Å². The van der Waals surface area contributed by atoms with Crippen molar-refractivity contribution in [2.75, 3.05) is 5.75 Å². The van der Waals surface area contributed by atoms with Gasteiger partial charge in [-0.25, -0.2) is 5.26 Å². The minimum absolute atomic E-state index is 0.0849. The van der Waals surface area contributed by atoms with Gasteiger partial charge < -0.3 is 0 Å². The quantitative estimate of drug-likeness (QED) is 0.361. The first kappa shape index (κ1) is 14.9. The highest BCUT2D eigenvalue weighted by atomic mass is 32.2. The second-order valence-electron chi connectivity index (χ2n) is 3.81. The molecule has 15 heavy (non-hydrogen) atoms. The summed E-state index contributed by atoms with van der Waals surface area (Å²) in [5.41, 5.74) is 0. The normalized spacial score (nSPS) is 11.9. The van der Waals surface area contributed by atoms with Crippen LogP contribution in [0.3, 0.4) is 0 Å². The summed E-state index contributed by atoms with van der Waals surface area (Å²) in [6, 6.07) is 0. The van der Waals surface area contributed by atoms with Crippen molar-refractivity contribution in [3.63, 3.8) is 0 Å². The van der Waals surface area contributed by atoms with Gasteiger partial charge in [-0.15, -0.1) is 4.33 Å². The summed E-state index contributed by atoms with van der Waals surface area (Å²) in [5.74, 6) is -0.0849. The van der Waals surface area contributed by atoms with E-state index in [-0.39, 0.29) is 5.75 Å². The molecule has 0 spiro atoms. The van der Waals surface area contributed by atoms with Gasteiger partial charge >= 0.3 is 0 Å². The van der Waals surface area contributed by atoms with E-state index in [1.807, 2.05) is 0 Å². The zero-order chi connectivity index (χ0) is 11.6. The lowest BCUT2D eigenvalue weighted by Crippen LogP contribution is -2.07. The molecule has 1 N–H and O–H groups in total. The van der Waals surface area contributed by atoms with E-state index < -0.39 is 10.1 Å². The molecule has 0 aromatic carbocycles. The Hall–Kier alpha value is -0.130. The third-order valence-electron chi connectivity index (χ3n) is 2.36. The minimum Gasteiger partial charge on any atom is -0.235 e. The first-order chi connectivity index (χ1) is 7.12. The molecule has 0 rings (SSSR count). The van der Waals surface area contributed by atoms with Gasteiger partial charge in [-0.1, -0.05) is 51.9 Å². The molecule has 92 valence electrons. The van der Waals surface area contributed by atoms with Crippen LogP contribution < -0.4 is 0 Å². The van der Waals surface area contributed by atoms with E-state index in [1.54, 1.807) is 0 Å². The van der Waals surface area contributed by atoms with Crippen LogP contribution in [-0.2, 0) is 14.5 Å². The summed E-state index contributed by atoms with van der Waals surface area (Å²) in [6.45, 7) is 2.18. The van der Waals surface area contributed by atoms with E-state index in [1.165, 1.54) is 32.1 Å². The average molecular weight is 238 g/mol. The fraction of sp³-hybridized carbons (Fsp3) is 1.00. The van der Waals surface area contributed by atoms with Crippen LogP contribution in [0.15, 0.2) is 0 Å². The fourth-order valence-corrected chi connectivity index (χ4v) is 2.08. The maximum Gasteiger partial charge on any atom is 0.293 e. The van der Waals surface area contributed by atoms with Crippen LogP contribution in [0.1, 0.15) is 58.3 Å². The zero-order valence-corrected chi connectivity index (χ0v) is 10.3.